The first-order valence-electron chi connectivity index (χ1n) is 13.0. The van der Waals surface area contributed by atoms with Crippen LogP contribution in [0.25, 0.3) is 0 Å². The van der Waals surface area contributed by atoms with Crippen molar-refractivity contribution in [3.63, 3.8) is 0 Å². The first kappa shape index (κ1) is 28.3. The Kier molecular flexibility index (Phi) is 9.23. The van der Waals surface area contributed by atoms with Crippen LogP contribution in [0.2, 0.25) is 0 Å². The number of aryl methyl sites for hydroxylation is 1. The quantitative estimate of drug-likeness (QED) is 0.563. The second-order valence-corrected chi connectivity index (χ2v) is 11.9. The highest BCUT2D eigenvalue weighted by molar-refractivity contribution is 7.89. The Balaban J connectivity index is 1.58. The number of sulfonamides is 1. The third-order valence-electron chi connectivity index (χ3n) is 7.00. The molecule has 1 amide bonds. The molecule has 3 heterocycles. The molecule has 1 N–H and O–H groups in total. The van der Waals surface area contributed by atoms with Crippen LogP contribution in [0.3, 0.4) is 0 Å². The average Bonchev–Trinajstić information content (AvgIpc) is 3.21. The topological polar surface area (TPSA) is 136 Å². The Bertz CT molecular complexity index is 1200. The van der Waals surface area contributed by atoms with Crippen molar-refractivity contribution in [2.75, 3.05) is 40.0 Å². The maximum Gasteiger partial charge on any atom is 0.243 e. The summed E-state index contributed by atoms with van der Waals surface area (Å²) in [5.41, 5.74) is 0.754. The van der Waals surface area contributed by atoms with Crippen molar-refractivity contribution in [1.29, 1.82) is 0 Å². The van der Waals surface area contributed by atoms with Gasteiger partial charge in [-0.15, -0.1) is 5.10 Å². The lowest BCUT2D eigenvalue weighted by Crippen LogP contribution is -2.47. The number of hydrogen-bond acceptors (Lipinski definition) is 9. The number of aliphatic hydroxyl groups is 1. The van der Waals surface area contributed by atoms with Gasteiger partial charge in [0.05, 0.1) is 55.4 Å². The van der Waals surface area contributed by atoms with Crippen LogP contribution < -0.4 is 9.47 Å². The summed E-state index contributed by atoms with van der Waals surface area (Å²) in [7, 11) is -2.38. The minimum atomic E-state index is -3.89. The zero-order chi connectivity index (χ0) is 27.3. The summed E-state index contributed by atoms with van der Waals surface area (Å²) in [5.74, 6) is 0.611. The lowest BCUT2D eigenvalue weighted by molar-refractivity contribution is -0.136. The fourth-order valence-electron chi connectivity index (χ4n) is 4.58. The van der Waals surface area contributed by atoms with Gasteiger partial charge in [0.2, 0.25) is 15.9 Å². The van der Waals surface area contributed by atoms with Gasteiger partial charge in [-0.05, 0) is 25.5 Å². The molecular formula is C25H37N5O7S. The molecule has 2 aliphatic heterocycles. The summed E-state index contributed by atoms with van der Waals surface area (Å²) in [6.07, 6.45) is 2.67. The minimum absolute atomic E-state index is 0.0506. The Hall–Kier alpha value is -2.74. The molecule has 3 atom stereocenters. The van der Waals surface area contributed by atoms with Crippen LogP contribution in [0.15, 0.2) is 29.3 Å². The normalized spacial score (nSPS) is 22.2. The lowest BCUT2D eigenvalue weighted by Gasteiger charge is -2.35. The first-order valence-corrected chi connectivity index (χ1v) is 14.4. The van der Waals surface area contributed by atoms with E-state index in [1.807, 2.05) is 6.92 Å². The number of nitrogens with zero attached hydrogens (tertiary/aromatic N) is 5. The lowest BCUT2D eigenvalue weighted by atomic mass is 10.0. The minimum Gasteiger partial charge on any atom is -0.490 e. The van der Waals surface area contributed by atoms with Crippen LogP contribution >= 0.6 is 0 Å². The molecule has 0 unspecified atom stereocenters. The zero-order valence-corrected chi connectivity index (χ0v) is 23.0. The van der Waals surface area contributed by atoms with E-state index in [1.165, 1.54) is 23.5 Å². The van der Waals surface area contributed by atoms with Crippen LogP contribution in [0.4, 0.5) is 0 Å². The zero-order valence-electron chi connectivity index (χ0n) is 22.2. The van der Waals surface area contributed by atoms with E-state index >= 15 is 0 Å². The molecule has 2 aromatic rings. The summed E-state index contributed by atoms with van der Waals surface area (Å²) in [6, 6.07) is 4.24. The molecule has 1 aromatic carbocycles. The number of aliphatic hydroxyl groups excluding tert-OH is 1. The fourth-order valence-corrected chi connectivity index (χ4v) is 5.78. The van der Waals surface area contributed by atoms with Crippen molar-refractivity contribution in [2.45, 2.75) is 63.3 Å². The van der Waals surface area contributed by atoms with Crippen molar-refractivity contribution in [3.05, 3.63) is 30.1 Å². The van der Waals surface area contributed by atoms with E-state index in [4.69, 9.17) is 14.2 Å². The monoisotopic (exact) mass is 551 g/mol. The van der Waals surface area contributed by atoms with E-state index in [0.29, 0.717) is 50.6 Å². The Morgan fingerprint density at radius 2 is 1.97 bits per heavy atom. The average molecular weight is 552 g/mol. The first-order chi connectivity index (χ1) is 18.2. The van der Waals surface area contributed by atoms with Gasteiger partial charge < -0.3 is 24.2 Å². The summed E-state index contributed by atoms with van der Waals surface area (Å²) in [5, 5.41) is 17.8. The van der Waals surface area contributed by atoms with Gasteiger partial charge in [-0.3, -0.25) is 4.79 Å². The molecule has 0 saturated carbocycles. The maximum absolute atomic E-state index is 13.5. The van der Waals surface area contributed by atoms with Gasteiger partial charge >= 0.3 is 0 Å². The molecule has 210 valence electrons. The number of benzene rings is 1. The molecule has 4 rings (SSSR count). The van der Waals surface area contributed by atoms with Crippen LogP contribution in [-0.2, 0) is 32.7 Å². The number of ether oxygens (including phenoxy) is 3. The molecule has 0 aliphatic carbocycles. The Morgan fingerprint density at radius 1 is 1.21 bits per heavy atom. The number of aromatic nitrogens is 3. The predicted octanol–water partition coefficient (Wildman–Crippen LogP) is 1.28. The van der Waals surface area contributed by atoms with Crippen molar-refractivity contribution < 1.29 is 32.5 Å². The molecule has 0 radical (unpaired) electrons. The number of fused-ring (bicyclic) bond motifs is 2. The molecule has 12 nitrogen and oxygen atoms in total. The standard InChI is InChI=1S/C25H37N5O7S/c1-18-14-29(19(2)16-31)25(32)6-4-9-30-20(13-26-27-30)17-37-24(18)15-28(3)38(33,34)21-7-8-22-23(12-21)36-11-5-10-35-22/h7-8,12-13,18-19,24,31H,4-6,9-11,14-17H2,1-3H3/t18-,19+,24+/m0/s1. The third-order valence-corrected chi connectivity index (χ3v) is 8.82. The van der Waals surface area contributed by atoms with E-state index in [1.54, 1.807) is 28.8 Å². The summed E-state index contributed by atoms with van der Waals surface area (Å²) in [6.45, 7) is 5.58. The predicted molar refractivity (Wildman–Crippen MR) is 137 cm³/mol. The largest absolute Gasteiger partial charge is 0.490 e. The van der Waals surface area contributed by atoms with E-state index in [9.17, 15) is 18.3 Å². The number of likely N-dealkylation sites (N-methyl/N-ethyl adjacent to an activating group) is 1. The molecule has 13 heteroatoms. The van der Waals surface area contributed by atoms with Crippen LogP contribution in [-0.4, -0.2) is 95.7 Å². The second kappa shape index (κ2) is 12.4. The maximum atomic E-state index is 13.5. The van der Waals surface area contributed by atoms with E-state index < -0.39 is 16.1 Å². The van der Waals surface area contributed by atoms with E-state index in [-0.39, 0.29) is 42.5 Å². The van der Waals surface area contributed by atoms with Crippen molar-refractivity contribution in [1.82, 2.24) is 24.2 Å². The fraction of sp³-hybridized carbons (Fsp3) is 0.640. The van der Waals surface area contributed by atoms with Gasteiger partial charge in [0.15, 0.2) is 11.5 Å². The highest BCUT2D eigenvalue weighted by Crippen LogP contribution is 2.33. The summed E-state index contributed by atoms with van der Waals surface area (Å²) < 4.78 is 47.6. The number of hydrogen-bond donors (Lipinski definition) is 1. The second-order valence-electron chi connectivity index (χ2n) is 9.90. The van der Waals surface area contributed by atoms with Gasteiger partial charge in [-0.2, -0.15) is 4.31 Å². The highest BCUT2D eigenvalue weighted by atomic mass is 32.2. The van der Waals surface area contributed by atoms with Gasteiger partial charge in [-0.1, -0.05) is 12.1 Å². The van der Waals surface area contributed by atoms with Crippen molar-refractivity contribution in [2.24, 2.45) is 5.92 Å². The van der Waals surface area contributed by atoms with Gasteiger partial charge in [0.1, 0.15) is 0 Å². The molecule has 0 saturated heterocycles. The molecule has 0 bridgehead atoms. The smallest absolute Gasteiger partial charge is 0.243 e. The molecule has 0 fully saturated rings. The molecule has 1 aromatic heterocycles. The SMILES string of the molecule is C[C@H](CO)N1C[C@H](C)[C@@H](CN(C)S(=O)(=O)c2ccc3c(c2)OCCCO3)OCc2cnnn2CCCC1=O. The molecule has 0 spiro atoms. The number of rotatable bonds is 6. The Labute approximate surface area is 223 Å². The molecule has 2 aliphatic rings. The van der Waals surface area contributed by atoms with E-state index in [0.717, 1.165) is 12.1 Å². The summed E-state index contributed by atoms with van der Waals surface area (Å²) >= 11 is 0. The van der Waals surface area contributed by atoms with Crippen LogP contribution in [0.5, 0.6) is 11.5 Å². The van der Waals surface area contributed by atoms with Crippen molar-refractivity contribution >= 4 is 15.9 Å². The summed E-state index contributed by atoms with van der Waals surface area (Å²) in [4.78, 5) is 14.8. The molecule has 38 heavy (non-hydrogen) atoms. The number of carbonyl (C=O) groups is 1. The highest BCUT2D eigenvalue weighted by Gasteiger charge is 2.32. The van der Waals surface area contributed by atoms with Crippen LogP contribution in [0, 0.1) is 5.92 Å². The molecular weight excluding hydrogens is 514 g/mol. The van der Waals surface area contributed by atoms with E-state index in [2.05, 4.69) is 10.3 Å². The van der Waals surface area contributed by atoms with Gasteiger partial charge in [0, 0.05) is 51.5 Å². The van der Waals surface area contributed by atoms with Gasteiger partial charge in [0.25, 0.3) is 0 Å². The van der Waals surface area contributed by atoms with Crippen LogP contribution in [0.1, 0.15) is 38.8 Å². The third kappa shape index (κ3) is 6.45. The number of amides is 1. The Morgan fingerprint density at radius 3 is 2.74 bits per heavy atom. The van der Waals surface area contributed by atoms with Crippen molar-refractivity contribution in [3.8, 4) is 11.5 Å². The van der Waals surface area contributed by atoms with Gasteiger partial charge in [-0.25, -0.2) is 13.1 Å². The number of carbonyl (C=O) groups excluding carboxylic acids is 1.